The molecule has 0 heterocycles. The van der Waals surface area contributed by atoms with Gasteiger partial charge < -0.3 is 5.73 Å². The second-order valence-corrected chi connectivity index (χ2v) is 6.79. The monoisotopic (exact) mass is 315 g/mol. The molecule has 0 amide bonds. The standard InChI is InChI=1S/C13H21N3O4S/c1-4-13(14,5-2)9-15-21(19,20)12-8-6-7-11(10(12)3)16(17)18/h6-8,15H,4-5,9,14H2,1-3H3. The van der Waals surface area contributed by atoms with E-state index in [0.717, 1.165) is 0 Å². The van der Waals surface area contributed by atoms with E-state index in [1.807, 2.05) is 13.8 Å². The highest BCUT2D eigenvalue weighted by molar-refractivity contribution is 7.89. The lowest BCUT2D eigenvalue weighted by Crippen LogP contribution is -2.49. The lowest BCUT2D eigenvalue weighted by Gasteiger charge is -2.26. The molecule has 0 bridgehead atoms. The molecule has 0 fully saturated rings. The predicted octanol–water partition coefficient (Wildman–Crippen LogP) is 1.70. The van der Waals surface area contributed by atoms with Crippen LogP contribution in [-0.2, 0) is 10.0 Å². The first kappa shape index (κ1) is 17.5. The zero-order valence-electron chi connectivity index (χ0n) is 12.4. The molecule has 0 spiro atoms. The molecule has 118 valence electrons. The van der Waals surface area contributed by atoms with Crippen LogP contribution in [0.3, 0.4) is 0 Å². The summed E-state index contributed by atoms with van der Waals surface area (Å²) in [6.07, 6.45) is 1.25. The number of nitrogens with zero attached hydrogens (tertiary/aromatic N) is 1. The summed E-state index contributed by atoms with van der Waals surface area (Å²) in [5, 5.41) is 10.9. The maximum atomic E-state index is 12.3. The Morgan fingerprint density at radius 2 is 1.90 bits per heavy atom. The van der Waals surface area contributed by atoms with E-state index in [1.54, 1.807) is 0 Å². The smallest absolute Gasteiger partial charge is 0.273 e. The van der Waals surface area contributed by atoms with Crippen molar-refractivity contribution in [3.63, 3.8) is 0 Å². The maximum absolute atomic E-state index is 12.3. The molecule has 0 atom stereocenters. The Hall–Kier alpha value is -1.51. The third kappa shape index (κ3) is 3.99. The van der Waals surface area contributed by atoms with Crippen LogP contribution in [0.5, 0.6) is 0 Å². The minimum absolute atomic E-state index is 0.0878. The van der Waals surface area contributed by atoms with Crippen molar-refractivity contribution < 1.29 is 13.3 Å². The van der Waals surface area contributed by atoms with Crippen molar-refractivity contribution in [3.8, 4) is 0 Å². The highest BCUT2D eigenvalue weighted by Crippen LogP contribution is 2.24. The number of nitro groups is 1. The Balaban J connectivity index is 3.10. The Kier molecular flexibility index (Phi) is 5.43. The highest BCUT2D eigenvalue weighted by atomic mass is 32.2. The van der Waals surface area contributed by atoms with Gasteiger partial charge in [-0.3, -0.25) is 10.1 Å². The first-order chi connectivity index (χ1) is 9.67. The number of benzene rings is 1. The van der Waals surface area contributed by atoms with Gasteiger partial charge in [-0.25, -0.2) is 13.1 Å². The van der Waals surface area contributed by atoms with E-state index < -0.39 is 20.5 Å². The number of sulfonamides is 1. The van der Waals surface area contributed by atoms with Gasteiger partial charge in [-0.05, 0) is 25.8 Å². The van der Waals surface area contributed by atoms with Gasteiger partial charge in [0.1, 0.15) is 0 Å². The van der Waals surface area contributed by atoms with Gasteiger partial charge in [0, 0.05) is 23.7 Å². The average Bonchev–Trinajstić information content (AvgIpc) is 2.44. The van der Waals surface area contributed by atoms with Crippen molar-refractivity contribution in [2.24, 2.45) is 5.73 Å². The van der Waals surface area contributed by atoms with Gasteiger partial charge in [-0.2, -0.15) is 0 Å². The molecule has 1 rings (SSSR count). The van der Waals surface area contributed by atoms with Crippen LogP contribution in [0.2, 0.25) is 0 Å². The van der Waals surface area contributed by atoms with Gasteiger partial charge in [-0.1, -0.05) is 19.9 Å². The molecular weight excluding hydrogens is 294 g/mol. The zero-order valence-corrected chi connectivity index (χ0v) is 13.2. The molecular formula is C13H21N3O4S. The zero-order chi connectivity index (χ0) is 16.3. The van der Waals surface area contributed by atoms with E-state index in [2.05, 4.69) is 4.72 Å². The first-order valence-electron chi connectivity index (χ1n) is 6.69. The van der Waals surface area contributed by atoms with Crippen LogP contribution < -0.4 is 10.5 Å². The fourth-order valence-corrected chi connectivity index (χ4v) is 3.31. The quantitative estimate of drug-likeness (QED) is 0.587. The van der Waals surface area contributed by atoms with Crippen LogP contribution >= 0.6 is 0 Å². The average molecular weight is 315 g/mol. The summed E-state index contributed by atoms with van der Waals surface area (Å²) in [6, 6.07) is 3.98. The van der Waals surface area contributed by atoms with Crippen molar-refractivity contribution in [1.82, 2.24) is 4.72 Å². The van der Waals surface area contributed by atoms with Crippen molar-refractivity contribution in [2.75, 3.05) is 6.54 Å². The molecule has 0 saturated carbocycles. The molecule has 21 heavy (non-hydrogen) atoms. The minimum Gasteiger partial charge on any atom is -0.324 e. The van der Waals surface area contributed by atoms with Crippen LogP contribution in [0.15, 0.2) is 23.1 Å². The van der Waals surface area contributed by atoms with Crippen molar-refractivity contribution in [1.29, 1.82) is 0 Å². The van der Waals surface area contributed by atoms with E-state index in [0.29, 0.717) is 12.8 Å². The molecule has 0 saturated heterocycles. The molecule has 0 radical (unpaired) electrons. The lowest BCUT2D eigenvalue weighted by atomic mass is 9.95. The van der Waals surface area contributed by atoms with Crippen molar-refractivity contribution in [3.05, 3.63) is 33.9 Å². The van der Waals surface area contributed by atoms with E-state index >= 15 is 0 Å². The van der Waals surface area contributed by atoms with Crippen LogP contribution in [-0.4, -0.2) is 25.4 Å². The Morgan fingerprint density at radius 1 is 1.33 bits per heavy atom. The Morgan fingerprint density at radius 3 is 2.38 bits per heavy atom. The fraction of sp³-hybridized carbons (Fsp3) is 0.538. The van der Waals surface area contributed by atoms with Crippen molar-refractivity contribution in [2.45, 2.75) is 44.0 Å². The second-order valence-electron chi connectivity index (χ2n) is 5.05. The second kappa shape index (κ2) is 6.50. The molecule has 8 heteroatoms. The summed E-state index contributed by atoms with van der Waals surface area (Å²) >= 11 is 0. The summed E-state index contributed by atoms with van der Waals surface area (Å²) in [7, 11) is -3.83. The van der Waals surface area contributed by atoms with Crippen LogP contribution in [0.1, 0.15) is 32.3 Å². The maximum Gasteiger partial charge on any atom is 0.273 e. The minimum atomic E-state index is -3.83. The van der Waals surface area contributed by atoms with Crippen LogP contribution in [0.4, 0.5) is 5.69 Å². The molecule has 0 aliphatic carbocycles. The van der Waals surface area contributed by atoms with Gasteiger partial charge in [-0.15, -0.1) is 0 Å². The SMILES string of the molecule is CCC(N)(CC)CNS(=O)(=O)c1cccc([N+](=O)[O-])c1C. The topological polar surface area (TPSA) is 115 Å². The molecule has 3 N–H and O–H groups in total. The first-order valence-corrected chi connectivity index (χ1v) is 8.17. The van der Waals surface area contributed by atoms with Crippen LogP contribution in [0, 0.1) is 17.0 Å². The van der Waals surface area contributed by atoms with Crippen LogP contribution in [0.25, 0.3) is 0 Å². The predicted molar refractivity (Wildman–Crippen MR) is 80.5 cm³/mol. The fourth-order valence-electron chi connectivity index (χ4n) is 1.91. The van der Waals surface area contributed by atoms with E-state index in [9.17, 15) is 18.5 Å². The number of hydrogen-bond donors (Lipinski definition) is 2. The number of nitrogens with two attached hydrogens (primary N) is 1. The van der Waals surface area contributed by atoms with Crippen molar-refractivity contribution >= 4 is 15.7 Å². The van der Waals surface area contributed by atoms with Gasteiger partial charge >= 0.3 is 0 Å². The summed E-state index contributed by atoms with van der Waals surface area (Å²) in [6.45, 7) is 5.28. The van der Waals surface area contributed by atoms with E-state index in [4.69, 9.17) is 5.73 Å². The van der Waals surface area contributed by atoms with Gasteiger partial charge in [0.2, 0.25) is 10.0 Å². The van der Waals surface area contributed by atoms with Gasteiger partial charge in [0.15, 0.2) is 0 Å². The molecule has 0 aliphatic heterocycles. The number of nitrogens with one attached hydrogen (secondary N) is 1. The van der Waals surface area contributed by atoms with E-state index in [1.165, 1.54) is 25.1 Å². The Bertz CT molecular complexity index is 624. The third-order valence-electron chi connectivity index (χ3n) is 3.76. The summed E-state index contributed by atoms with van der Waals surface area (Å²) in [4.78, 5) is 10.2. The van der Waals surface area contributed by atoms with Gasteiger partial charge in [0.25, 0.3) is 5.69 Å². The molecule has 7 nitrogen and oxygen atoms in total. The number of hydrogen-bond acceptors (Lipinski definition) is 5. The highest BCUT2D eigenvalue weighted by Gasteiger charge is 2.27. The summed E-state index contributed by atoms with van der Waals surface area (Å²) < 4.78 is 27.1. The number of nitro benzene ring substituents is 1. The summed E-state index contributed by atoms with van der Waals surface area (Å²) in [5.74, 6) is 0. The molecule has 1 aromatic rings. The molecule has 0 aliphatic rings. The third-order valence-corrected chi connectivity index (χ3v) is 5.31. The number of rotatable bonds is 7. The normalized spacial score (nSPS) is 12.4. The lowest BCUT2D eigenvalue weighted by molar-refractivity contribution is -0.385. The molecule has 0 aromatic heterocycles. The largest absolute Gasteiger partial charge is 0.324 e. The molecule has 0 unspecified atom stereocenters. The van der Waals surface area contributed by atoms with Gasteiger partial charge in [0.05, 0.1) is 9.82 Å². The molecule has 1 aromatic carbocycles. The summed E-state index contributed by atoms with van der Waals surface area (Å²) in [5.41, 5.74) is 5.34. The van der Waals surface area contributed by atoms with E-state index in [-0.39, 0.29) is 22.7 Å². The Labute approximate surface area is 124 Å².